The van der Waals surface area contributed by atoms with E-state index in [2.05, 4.69) is 0 Å². The fourth-order valence-electron chi connectivity index (χ4n) is 4.68. The zero-order chi connectivity index (χ0) is 24.7. The molecule has 2 aromatic rings. The van der Waals surface area contributed by atoms with Gasteiger partial charge in [-0.15, -0.1) is 0 Å². The fraction of sp³-hybridized carbons (Fsp3) is 0.667. The molecule has 1 aromatic carbocycles. The van der Waals surface area contributed by atoms with Gasteiger partial charge in [-0.3, -0.25) is 9.13 Å². The van der Waals surface area contributed by atoms with Crippen LogP contribution in [0.25, 0.3) is 11.0 Å². The number of ether oxygens (including phenoxy) is 4. The standard InChI is InChI=1S/C21H30N2O11/c1-31-17-13(24)11(33-19(28)15(17)26)7-22-9-5-3-4-6-10(9)23(21(22)30)8-12-14(25)18(32-2)16(27)20(29)34-12/h3-6,11-20,24-29H,7-8H2,1-2H3. The molecule has 0 radical (unpaired) electrons. The van der Waals surface area contributed by atoms with Gasteiger partial charge in [0, 0.05) is 14.2 Å². The predicted molar refractivity (Wildman–Crippen MR) is 114 cm³/mol. The summed E-state index contributed by atoms with van der Waals surface area (Å²) in [6.45, 7) is -0.347. The lowest BCUT2D eigenvalue weighted by Gasteiger charge is -2.40. The SMILES string of the molecule is COC1C(O)C(O)OC(Cn2c(=O)n(CC3OC(O)C(O)C(OC)C3O)c3ccccc32)C1O. The average Bonchev–Trinajstić information content (AvgIpc) is 3.07. The normalized spacial score (nSPS) is 38.9. The lowest BCUT2D eigenvalue weighted by Crippen LogP contribution is -2.60. The third-order valence-electron chi connectivity index (χ3n) is 6.52. The molecule has 3 heterocycles. The Labute approximate surface area is 193 Å². The number of aliphatic hydroxyl groups excluding tert-OH is 6. The van der Waals surface area contributed by atoms with Crippen LogP contribution in [0.2, 0.25) is 0 Å². The second-order valence-electron chi connectivity index (χ2n) is 8.49. The lowest BCUT2D eigenvalue weighted by atomic mass is 9.98. The van der Waals surface area contributed by atoms with Gasteiger partial charge in [0.2, 0.25) is 0 Å². The minimum absolute atomic E-state index is 0.173. The van der Waals surface area contributed by atoms with Crippen LogP contribution in [0.15, 0.2) is 29.1 Å². The topological polar surface area (TPSA) is 185 Å². The Morgan fingerprint density at radius 3 is 1.47 bits per heavy atom. The van der Waals surface area contributed by atoms with E-state index in [4.69, 9.17) is 18.9 Å². The van der Waals surface area contributed by atoms with Crippen molar-refractivity contribution in [3.05, 3.63) is 34.7 Å². The number of rotatable bonds is 6. The summed E-state index contributed by atoms with van der Waals surface area (Å²) in [7, 11) is 2.55. The Hall–Kier alpha value is -1.91. The van der Waals surface area contributed by atoms with Gasteiger partial charge >= 0.3 is 5.69 Å². The number of imidazole rings is 1. The van der Waals surface area contributed by atoms with E-state index in [9.17, 15) is 35.4 Å². The highest BCUT2D eigenvalue weighted by atomic mass is 16.6. The van der Waals surface area contributed by atoms with Gasteiger partial charge in [-0.2, -0.15) is 0 Å². The second kappa shape index (κ2) is 9.99. The molecule has 0 aliphatic carbocycles. The van der Waals surface area contributed by atoms with E-state index in [1.54, 1.807) is 24.3 Å². The van der Waals surface area contributed by atoms with Gasteiger partial charge in [-0.05, 0) is 12.1 Å². The Bertz CT molecular complexity index is 963. The van der Waals surface area contributed by atoms with Crippen molar-refractivity contribution >= 4 is 11.0 Å². The van der Waals surface area contributed by atoms with E-state index in [-0.39, 0.29) is 13.1 Å². The molecule has 0 saturated carbocycles. The van der Waals surface area contributed by atoms with Crippen LogP contribution in [0.1, 0.15) is 0 Å². The Kier molecular flexibility index (Phi) is 7.40. The molecule has 10 unspecified atom stereocenters. The van der Waals surface area contributed by atoms with E-state index >= 15 is 0 Å². The van der Waals surface area contributed by atoms with Gasteiger partial charge in [0.25, 0.3) is 0 Å². The number of hydrogen-bond acceptors (Lipinski definition) is 11. The van der Waals surface area contributed by atoms with Crippen LogP contribution in [-0.4, -0.2) is 115 Å². The van der Waals surface area contributed by atoms with Gasteiger partial charge in [0.05, 0.1) is 24.1 Å². The van der Waals surface area contributed by atoms with Crippen molar-refractivity contribution in [2.24, 2.45) is 0 Å². The first kappa shape index (κ1) is 25.2. The first-order valence-corrected chi connectivity index (χ1v) is 10.8. The molecule has 0 amide bonds. The molecular weight excluding hydrogens is 456 g/mol. The van der Waals surface area contributed by atoms with E-state index in [1.807, 2.05) is 0 Å². The summed E-state index contributed by atoms with van der Waals surface area (Å²) in [5, 5.41) is 61.2. The first-order valence-electron chi connectivity index (χ1n) is 10.8. The van der Waals surface area contributed by atoms with Crippen LogP contribution in [0.5, 0.6) is 0 Å². The molecule has 1 aromatic heterocycles. The number of benzene rings is 1. The zero-order valence-corrected chi connectivity index (χ0v) is 18.6. The molecule has 6 N–H and O–H groups in total. The Morgan fingerprint density at radius 2 is 1.12 bits per heavy atom. The van der Waals surface area contributed by atoms with Crippen LogP contribution in [-0.2, 0) is 32.0 Å². The Balaban J connectivity index is 1.66. The quantitative estimate of drug-likeness (QED) is 0.240. The predicted octanol–water partition coefficient (Wildman–Crippen LogP) is -3.29. The van der Waals surface area contributed by atoms with Crippen LogP contribution in [0.4, 0.5) is 0 Å². The van der Waals surface area contributed by atoms with Gasteiger partial charge in [-0.25, -0.2) is 4.79 Å². The number of nitrogens with zero attached hydrogens (tertiary/aromatic N) is 2. The number of aromatic nitrogens is 2. The highest BCUT2D eigenvalue weighted by Crippen LogP contribution is 2.26. The van der Waals surface area contributed by atoms with Crippen LogP contribution < -0.4 is 5.69 Å². The van der Waals surface area contributed by atoms with E-state index in [1.165, 1.54) is 23.4 Å². The summed E-state index contributed by atoms with van der Waals surface area (Å²) >= 11 is 0. The molecule has 13 nitrogen and oxygen atoms in total. The number of aliphatic hydroxyl groups is 6. The maximum atomic E-state index is 13.4. The van der Waals surface area contributed by atoms with Crippen molar-refractivity contribution < 1.29 is 49.6 Å². The van der Waals surface area contributed by atoms with Gasteiger partial charge in [0.15, 0.2) is 12.6 Å². The number of hydrogen-bond donors (Lipinski definition) is 6. The third-order valence-corrected chi connectivity index (χ3v) is 6.52. The number of para-hydroxylation sites is 2. The monoisotopic (exact) mass is 486 g/mol. The maximum Gasteiger partial charge on any atom is 0.329 e. The second-order valence-corrected chi connectivity index (χ2v) is 8.49. The molecular formula is C21H30N2O11. The van der Waals surface area contributed by atoms with Crippen molar-refractivity contribution in [1.82, 2.24) is 9.13 Å². The maximum absolute atomic E-state index is 13.4. The van der Waals surface area contributed by atoms with Crippen LogP contribution in [0, 0.1) is 0 Å². The van der Waals surface area contributed by atoms with E-state index < -0.39 is 67.1 Å². The largest absolute Gasteiger partial charge is 0.388 e. The number of methoxy groups -OCH3 is 2. The van der Waals surface area contributed by atoms with Crippen molar-refractivity contribution in [1.29, 1.82) is 0 Å². The molecule has 190 valence electrons. The third kappa shape index (κ3) is 4.28. The molecule has 0 bridgehead atoms. The zero-order valence-electron chi connectivity index (χ0n) is 18.6. The number of fused-ring (bicyclic) bond motifs is 1. The van der Waals surface area contributed by atoms with E-state index in [0.29, 0.717) is 11.0 Å². The smallest absolute Gasteiger partial charge is 0.329 e. The van der Waals surface area contributed by atoms with Crippen molar-refractivity contribution in [2.45, 2.75) is 74.5 Å². The average molecular weight is 486 g/mol. The van der Waals surface area contributed by atoms with Crippen LogP contribution in [0.3, 0.4) is 0 Å². The van der Waals surface area contributed by atoms with Gasteiger partial charge in [-0.1, -0.05) is 12.1 Å². The fourth-order valence-corrected chi connectivity index (χ4v) is 4.68. The summed E-state index contributed by atoms with van der Waals surface area (Å²) < 4.78 is 23.5. The molecule has 2 saturated heterocycles. The summed E-state index contributed by atoms with van der Waals surface area (Å²) in [4.78, 5) is 13.4. The molecule has 2 aliphatic rings. The van der Waals surface area contributed by atoms with Gasteiger partial charge < -0.3 is 49.6 Å². The minimum atomic E-state index is -1.62. The van der Waals surface area contributed by atoms with Gasteiger partial charge in [0.1, 0.15) is 48.8 Å². The Morgan fingerprint density at radius 1 is 0.735 bits per heavy atom. The van der Waals surface area contributed by atoms with Crippen molar-refractivity contribution in [2.75, 3.05) is 14.2 Å². The lowest BCUT2D eigenvalue weighted by molar-refractivity contribution is -0.288. The van der Waals surface area contributed by atoms with E-state index in [0.717, 1.165) is 0 Å². The summed E-state index contributed by atoms with van der Waals surface area (Å²) in [6.07, 6.45) is -13.2. The molecule has 2 fully saturated rings. The van der Waals surface area contributed by atoms with Crippen molar-refractivity contribution in [3.63, 3.8) is 0 Å². The molecule has 34 heavy (non-hydrogen) atoms. The summed E-state index contributed by atoms with van der Waals surface area (Å²) in [5.41, 5.74) is 0.427. The molecule has 0 spiro atoms. The van der Waals surface area contributed by atoms with Crippen molar-refractivity contribution in [3.8, 4) is 0 Å². The highest BCUT2D eigenvalue weighted by molar-refractivity contribution is 5.76. The summed E-state index contributed by atoms with van der Waals surface area (Å²) in [6, 6.07) is 6.78. The molecule has 10 atom stereocenters. The molecule has 13 heteroatoms. The molecule has 4 rings (SSSR count). The van der Waals surface area contributed by atoms with Crippen LogP contribution >= 0.6 is 0 Å². The molecule has 2 aliphatic heterocycles. The minimum Gasteiger partial charge on any atom is -0.388 e. The highest BCUT2D eigenvalue weighted by Gasteiger charge is 2.46. The first-order chi connectivity index (χ1) is 16.2. The summed E-state index contributed by atoms with van der Waals surface area (Å²) in [5.74, 6) is 0.